The summed E-state index contributed by atoms with van der Waals surface area (Å²) >= 11 is 0. The summed E-state index contributed by atoms with van der Waals surface area (Å²) in [6, 6.07) is 2.65. The van der Waals surface area contributed by atoms with Crippen LogP contribution in [0.3, 0.4) is 0 Å². The molecule has 0 aliphatic rings. The molecule has 18 heavy (non-hydrogen) atoms. The fourth-order valence-electron chi connectivity index (χ4n) is 1.37. The van der Waals surface area contributed by atoms with E-state index in [-0.39, 0.29) is 5.91 Å². The van der Waals surface area contributed by atoms with Crippen molar-refractivity contribution >= 4 is 11.6 Å². The van der Waals surface area contributed by atoms with E-state index in [1.165, 1.54) is 21.3 Å². The van der Waals surface area contributed by atoms with Gasteiger partial charge >= 0.3 is 0 Å². The summed E-state index contributed by atoms with van der Waals surface area (Å²) in [6.07, 6.45) is 0. The number of carbonyl (C=O) groups is 1. The van der Waals surface area contributed by atoms with Gasteiger partial charge in [0.2, 0.25) is 5.91 Å². The predicted octanol–water partition coefficient (Wildman–Crippen LogP) is 0.998. The van der Waals surface area contributed by atoms with Gasteiger partial charge in [-0.25, -0.2) is 0 Å². The van der Waals surface area contributed by atoms with Crippen molar-refractivity contribution in [3.8, 4) is 17.2 Å². The zero-order valence-electron chi connectivity index (χ0n) is 10.9. The third kappa shape index (κ3) is 3.04. The lowest BCUT2D eigenvalue weighted by Crippen LogP contribution is -2.32. The number of ether oxygens (including phenoxy) is 3. The first-order valence-electron chi connectivity index (χ1n) is 5.40. The highest BCUT2D eigenvalue weighted by Gasteiger charge is 2.15. The molecular weight excluding hydrogens is 236 g/mol. The van der Waals surface area contributed by atoms with E-state index in [1.54, 1.807) is 19.1 Å². The van der Waals surface area contributed by atoms with Crippen LogP contribution in [0.25, 0.3) is 0 Å². The topological polar surface area (TPSA) is 82.8 Å². The monoisotopic (exact) mass is 254 g/mol. The van der Waals surface area contributed by atoms with Gasteiger partial charge in [-0.05, 0) is 6.92 Å². The fourth-order valence-corrected chi connectivity index (χ4v) is 1.37. The zero-order chi connectivity index (χ0) is 13.7. The Bertz CT molecular complexity index is 432. The maximum Gasteiger partial charge on any atom is 0.241 e. The lowest BCUT2D eigenvalue weighted by atomic mass is 10.2. The van der Waals surface area contributed by atoms with Crippen molar-refractivity contribution in [2.75, 3.05) is 26.6 Å². The Labute approximate surface area is 106 Å². The van der Waals surface area contributed by atoms with Crippen LogP contribution < -0.4 is 25.3 Å². The maximum absolute atomic E-state index is 11.6. The van der Waals surface area contributed by atoms with Gasteiger partial charge in [0.05, 0.1) is 33.1 Å². The molecule has 0 saturated carbocycles. The van der Waals surface area contributed by atoms with Gasteiger partial charge in [0.1, 0.15) is 5.75 Å². The van der Waals surface area contributed by atoms with Crippen LogP contribution >= 0.6 is 0 Å². The molecule has 0 saturated heterocycles. The maximum atomic E-state index is 11.6. The molecule has 0 fully saturated rings. The van der Waals surface area contributed by atoms with Crippen LogP contribution in [0.1, 0.15) is 6.92 Å². The molecule has 1 aromatic carbocycles. The highest BCUT2D eigenvalue weighted by atomic mass is 16.5. The van der Waals surface area contributed by atoms with Crippen molar-refractivity contribution < 1.29 is 19.0 Å². The SMILES string of the molecule is COc1cc(OC)c(OC)cc1NC(=O)C(C)N. The molecule has 0 bridgehead atoms. The van der Waals surface area contributed by atoms with Crippen LogP contribution in [0.15, 0.2) is 12.1 Å². The standard InChI is InChI=1S/C12H18N2O4/c1-7(13)12(15)14-8-5-10(17-3)11(18-4)6-9(8)16-2/h5-7H,13H2,1-4H3,(H,14,15). The van der Waals surface area contributed by atoms with Crippen LogP contribution in [0.2, 0.25) is 0 Å². The molecule has 6 nitrogen and oxygen atoms in total. The first-order valence-corrected chi connectivity index (χ1v) is 5.40. The molecule has 6 heteroatoms. The number of anilines is 1. The summed E-state index contributed by atoms with van der Waals surface area (Å²) in [5.41, 5.74) is 5.98. The second kappa shape index (κ2) is 6.11. The molecule has 1 aromatic rings. The Kier molecular flexibility index (Phi) is 4.79. The van der Waals surface area contributed by atoms with Crippen molar-refractivity contribution in [3.63, 3.8) is 0 Å². The van der Waals surface area contributed by atoms with Gasteiger partial charge < -0.3 is 25.3 Å². The molecule has 0 aromatic heterocycles. The summed E-state index contributed by atoms with van der Waals surface area (Å²) < 4.78 is 15.5. The molecule has 1 unspecified atom stereocenters. The Balaban J connectivity index is 3.13. The third-order valence-electron chi connectivity index (χ3n) is 2.38. The van der Waals surface area contributed by atoms with Gasteiger partial charge in [-0.3, -0.25) is 4.79 Å². The number of carbonyl (C=O) groups excluding carboxylic acids is 1. The molecular formula is C12H18N2O4. The average molecular weight is 254 g/mol. The number of benzene rings is 1. The van der Waals surface area contributed by atoms with Crippen LogP contribution in [0.5, 0.6) is 17.2 Å². The lowest BCUT2D eigenvalue weighted by Gasteiger charge is -2.15. The Hall–Kier alpha value is -1.95. The predicted molar refractivity (Wildman–Crippen MR) is 68.4 cm³/mol. The van der Waals surface area contributed by atoms with Gasteiger partial charge in [0.15, 0.2) is 11.5 Å². The molecule has 1 amide bonds. The number of amides is 1. The summed E-state index contributed by atoms with van der Waals surface area (Å²) in [5.74, 6) is 1.19. The first-order chi connectivity index (χ1) is 8.53. The van der Waals surface area contributed by atoms with E-state index in [9.17, 15) is 4.79 Å². The van der Waals surface area contributed by atoms with Gasteiger partial charge in [-0.15, -0.1) is 0 Å². The quantitative estimate of drug-likeness (QED) is 0.819. The second-order valence-electron chi connectivity index (χ2n) is 3.69. The number of rotatable bonds is 5. The summed E-state index contributed by atoms with van der Waals surface area (Å²) in [7, 11) is 4.54. The Morgan fingerprint density at radius 1 is 1.11 bits per heavy atom. The van der Waals surface area contributed by atoms with E-state index in [4.69, 9.17) is 19.9 Å². The molecule has 0 aliphatic carbocycles. The Morgan fingerprint density at radius 3 is 2.06 bits per heavy atom. The molecule has 0 aliphatic heterocycles. The largest absolute Gasteiger partial charge is 0.494 e. The number of methoxy groups -OCH3 is 3. The van der Waals surface area contributed by atoms with Gasteiger partial charge in [0.25, 0.3) is 0 Å². The molecule has 3 N–H and O–H groups in total. The van der Waals surface area contributed by atoms with E-state index < -0.39 is 6.04 Å². The smallest absolute Gasteiger partial charge is 0.241 e. The van der Waals surface area contributed by atoms with Crippen molar-refractivity contribution in [2.45, 2.75) is 13.0 Å². The molecule has 0 heterocycles. The van der Waals surface area contributed by atoms with E-state index >= 15 is 0 Å². The summed E-state index contributed by atoms with van der Waals surface area (Å²) in [6.45, 7) is 1.60. The number of hydrogen-bond donors (Lipinski definition) is 2. The molecule has 0 spiro atoms. The van der Waals surface area contributed by atoms with Crippen molar-refractivity contribution in [1.29, 1.82) is 0 Å². The minimum Gasteiger partial charge on any atom is -0.494 e. The van der Waals surface area contributed by atoms with Gasteiger partial charge in [-0.1, -0.05) is 0 Å². The molecule has 100 valence electrons. The van der Waals surface area contributed by atoms with Crippen molar-refractivity contribution in [2.24, 2.45) is 5.73 Å². The lowest BCUT2D eigenvalue weighted by molar-refractivity contribution is -0.117. The van der Waals surface area contributed by atoms with E-state index in [2.05, 4.69) is 5.32 Å². The summed E-state index contributed by atoms with van der Waals surface area (Å²) in [4.78, 5) is 11.6. The number of nitrogens with two attached hydrogens (primary N) is 1. The number of nitrogens with one attached hydrogen (secondary N) is 1. The van der Waals surface area contributed by atoms with Crippen molar-refractivity contribution in [3.05, 3.63) is 12.1 Å². The van der Waals surface area contributed by atoms with Crippen molar-refractivity contribution in [1.82, 2.24) is 0 Å². The normalized spacial score (nSPS) is 11.6. The molecule has 1 rings (SSSR count). The minimum atomic E-state index is -0.609. The minimum absolute atomic E-state index is 0.305. The highest BCUT2D eigenvalue weighted by molar-refractivity contribution is 5.96. The van der Waals surface area contributed by atoms with Gasteiger partial charge in [-0.2, -0.15) is 0 Å². The van der Waals surface area contributed by atoms with Gasteiger partial charge in [0, 0.05) is 12.1 Å². The zero-order valence-corrected chi connectivity index (χ0v) is 10.9. The summed E-state index contributed by atoms with van der Waals surface area (Å²) in [5, 5.41) is 2.66. The highest BCUT2D eigenvalue weighted by Crippen LogP contribution is 2.37. The average Bonchev–Trinajstić information content (AvgIpc) is 2.37. The van der Waals surface area contributed by atoms with Crippen LogP contribution in [-0.4, -0.2) is 33.3 Å². The van der Waals surface area contributed by atoms with E-state index in [0.717, 1.165) is 0 Å². The molecule has 0 radical (unpaired) electrons. The van der Waals surface area contributed by atoms with Crippen LogP contribution in [0.4, 0.5) is 5.69 Å². The first kappa shape index (κ1) is 14.1. The number of hydrogen-bond acceptors (Lipinski definition) is 5. The van der Waals surface area contributed by atoms with E-state index in [1.807, 2.05) is 0 Å². The van der Waals surface area contributed by atoms with E-state index in [0.29, 0.717) is 22.9 Å². The Morgan fingerprint density at radius 2 is 1.61 bits per heavy atom. The molecule has 1 atom stereocenters. The fraction of sp³-hybridized carbons (Fsp3) is 0.417. The van der Waals surface area contributed by atoms with Crippen LogP contribution in [0, 0.1) is 0 Å². The van der Waals surface area contributed by atoms with Crippen LogP contribution in [-0.2, 0) is 4.79 Å². The second-order valence-corrected chi connectivity index (χ2v) is 3.69. The third-order valence-corrected chi connectivity index (χ3v) is 2.38.